The summed E-state index contributed by atoms with van der Waals surface area (Å²) in [7, 11) is 4.05. The van der Waals surface area contributed by atoms with Crippen LogP contribution in [0.2, 0.25) is 0 Å². The number of anilines is 1. The lowest BCUT2D eigenvalue weighted by Gasteiger charge is -2.20. The Labute approximate surface area is 104 Å². The summed E-state index contributed by atoms with van der Waals surface area (Å²) in [6.45, 7) is 7.66. The van der Waals surface area contributed by atoms with Gasteiger partial charge in [0.25, 0.3) is 0 Å². The number of hydrogen-bond acceptors (Lipinski definition) is 3. The Bertz CT molecular complexity index is 383. The van der Waals surface area contributed by atoms with Crippen molar-refractivity contribution in [1.82, 2.24) is 15.1 Å². The van der Waals surface area contributed by atoms with Crippen LogP contribution in [0.1, 0.15) is 31.0 Å². The largest absolute Gasteiger partial charge is 0.356 e. The van der Waals surface area contributed by atoms with Crippen LogP contribution in [0.25, 0.3) is 0 Å². The van der Waals surface area contributed by atoms with Crippen LogP contribution in [0.5, 0.6) is 0 Å². The molecule has 1 aromatic heterocycles. The zero-order chi connectivity index (χ0) is 12.4. The summed E-state index contributed by atoms with van der Waals surface area (Å²) in [4.78, 5) is 2.50. The van der Waals surface area contributed by atoms with E-state index in [4.69, 9.17) is 0 Å². The lowest BCUT2D eigenvalue weighted by atomic mass is 10.1. The second-order valence-electron chi connectivity index (χ2n) is 5.05. The van der Waals surface area contributed by atoms with Gasteiger partial charge in [-0.3, -0.25) is 4.68 Å². The van der Waals surface area contributed by atoms with Gasteiger partial charge in [-0.05, 0) is 26.3 Å². The minimum Gasteiger partial charge on any atom is -0.356 e. The summed E-state index contributed by atoms with van der Waals surface area (Å²) in [5.41, 5.74) is 2.50. The molecule has 1 unspecified atom stereocenters. The molecule has 96 valence electrons. The average Bonchev–Trinajstić information content (AvgIpc) is 2.85. The molecular weight excluding hydrogens is 212 g/mol. The summed E-state index contributed by atoms with van der Waals surface area (Å²) < 4.78 is 2.04. The molecule has 0 saturated carbocycles. The predicted molar refractivity (Wildman–Crippen MR) is 71.3 cm³/mol. The molecule has 0 radical (unpaired) electrons. The average molecular weight is 236 g/mol. The number of aryl methyl sites for hydroxylation is 2. The number of aromatic nitrogens is 2. The zero-order valence-electron chi connectivity index (χ0n) is 11.5. The van der Waals surface area contributed by atoms with E-state index in [1.165, 1.54) is 37.3 Å². The maximum atomic E-state index is 4.56. The van der Waals surface area contributed by atoms with Gasteiger partial charge in [-0.2, -0.15) is 5.10 Å². The molecule has 17 heavy (non-hydrogen) atoms. The van der Waals surface area contributed by atoms with Crippen LogP contribution in [-0.4, -0.2) is 29.9 Å². The predicted octanol–water partition coefficient (Wildman–Crippen LogP) is 1.68. The third kappa shape index (κ3) is 2.32. The molecule has 2 rings (SSSR count). The van der Waals surface area contributed by atoms with Crippen molar-refractivity contribution in [1.29, 1.82) is 0 Å². The SMILES string of the molecule is CCC1CCN(c2c(CNC)c(C)nn2C)C1. The summed E-state index contributed by atoms with van der Waals surface area (Å²) >= 11 is 0. The highest BCUT2D eigenvalue weighted by atomic mass is 15.4. The van der Waals surface area contributed by atoms with Crippen LogP contribution in [-0.2, 0) is 13.6 Å². The molecule has 0 bridgehead atoms. The summed E-state index contributed by atoms with van der Waals surface area (Å²) in [5, 5.41) is 7.81. The van der Waals surface area contributed by atoms with Crippen molar-refractivity contribution < 1.29 is 0 Å². The molecular formula is C13H24N4. The lowest BCUT2D eigenvalue weighted by molar-refractivity contribution is 0.567. The van der Waals surface area contributed by atoms with Gasteiger partial charge in [0.15, 0.2) is 0 Å². The van der Waals surface area contributed by atoms with E-state index in [1.54, 1.807) is 0 Å². The monoisotopic (exact) mass is 236 g/mol. The number of nitrogens with zero attached hydrogens (tertiary/aromatic N) is 3. The third-order valence-corrected chi connectivity index (χ3v) is 3.83. The Morgan fingerprint density at radius 1 is 1.47 bits per heavy atom. The van der Waals surface area contributed by atoms with E-state index < -0.39 is 0 Å². The van der Waals surface area contributed by atoms with Crippen LogP contribution >= 0.6 is 0 Å². The molecule has 2 heterocycles. The van der Waals surface area contributed by atoms with Crippen molar-refractivity contribution in [2.24, 2.45) is 13.0 Å². The van der Waals surface area contributed by atoms with E-state index in [1.807, 2.05) is 11.7 Å². The minimum absolute atomic E-state index is 0.854. The van der Waals surface area contributed by atoms with Gasteiger partial charge >= 0.3 is 0 Å². The van der Waals surface area contributed by atoms with Crippen molar-refractivity contribution in [3.8, 4) is 0 Å². The Morgan fingerprint density at radius 2 is 2.24 bits per heavy atom. The van der Waals surface area contributed by atoms with Gasteiger partial charge in [-0.25, -0.2) is 0 Å². The number of nitrogens with one attached hydrogen (secondary N) is 1. The van der Waals surface area contributed by atoms with Crippen LogP contribution < -0.4 is 10.2 Å². The first-order valence-corrected chi connectivity index (χ1v) is 6.59. The van der Waals surface area contributed by atoms with Crippen molar-refractivity contribution in [2.45, 2.75) is 33.2 Å². The molecule has 1 saturated heterocycles. The van der Waals surface area contributed by atoms with Crippen molar-refractivity contribution >= 4 is 5.82 Å². The Morgan fingerprint density at radius 3 is 2.82 bits per heavy atom. The fraction of sp³-hybridized carbons (Fsp3) is 0.769. The van der Waals surface area contributed by atoms with E-state index in [2.05, 4.69) is 36.2 Å². The zero-order valence-corrected chi connectivity index (χ0v) is 11.5. The molecule has 4 heteroatoms. The first-order valence-electron chi connectivity index (χ1n) is 6.59. The van der Waals surface area contributed by atoms with Crippen LogP contribution in [0.3, 0.4) is 0 Å². The van der Waals surface area contributed by atoms with E-state index >= 15 is 0 Å². The Hall–Kier alpha value is -1.03. The molecule has 1 fully saturated rings. The molecule has 1 aromatic rings. The summed E-state index contributed by atoms with van der Waals surface area (Å²) in [6, 6.07) is 0. The van der Waals surface area contributed by atoms with Crippen LogP contribution in [0, 0.1) is 12.8 Å². The van der Waals surface area contributed by atoms with Crippen molar-refractivity contribution in [2.75, 3.05) is 25.0 Å². The molecule has 0 aliphatic carbocycles. The molecule has 1 atom stereocenters. The van der Waals surface area contributed by atoms with E-state index in [0.717, 1.165) is 18.2 Å². The normalized spacial score (nSPS) is 20.2. The van der Waals surface area contributed by atoms with Gasteiger partial charge in [0.1, 0.15) is 5.82 Å². The van der Waals surface area contributed by atoms with Crippen LogP contribution in [0.4, 0.5) is 5.82 Å². The highest BCUT2D eigenvalue weighted by molar-refractivity contribution is 5.51. The molecule has 1 aliphatic heterocycles. The topological polar surface area (TPSA) is 33.1 Å². The molecule has 0 spiro atoms. The first kappa shape index (κ1) is 12.4. The quantitative estimate of drug-likeness (QED) is 0.863. The van der Waals surface area contributed by atoms with Gasteiger partial charge in [-0.1, -0.05) is 13.3 Å². The molecule has 0 aromatic carbocycles. The number of rotatable bonds is 4. The van der Waals surface area contributed by atoms with E-state index in [-0.39, 0.29) is 0 Å². The molecule has 0 amide bonds. The Kier molecular flexibility index (Phi) is 3.72. The first-order chi connectivity index (χ1) is 8.17. The maximum Gasteiger partial charge on any atom is 0.131 e. The smallest absolute Gasteiger partial charge is 0.131 e. The standard InChI is InChI=1S/C13H24N4/c1-5-11-6-7-17(9-11)13-12(8-14-3)10(2)15-16(13)4/h11,14H,5-9H2,1-4H3. The maximum absolute atomic E-state index is 4.56. The lowest BCUT2D eigenvalue weighted by Crippen LogP contribution is -2.24. The van der Waals surface area contributed by atoms with E-state index in [0.29, 0.717) is 0 Å². The second kappa shape index (κ2) is 5.08. The number of hydrogen-bond donors (Lipinski definition) is 1. The third-order valence-electron chi connectivity index (χ3n) is 3.83. The molecule has 1 N–H and O–H groups in total. The van der Waals surface area contributed by atoms with Crippen LogP contribution in [0.15, 0.2) is 0 Å². The molecule has 1 aliphatic rings. The van der Waals surface area contributed by atoms with Gasteiger partial charge in [0.05, 0.1) is 5.69 Å². The fourth-order valence-electron chi connectivity index (χ4n) is 2.83. The summed E-state index contributed by atoms with van der Waals surface area (Å²) in [5.74, 6) is 2.17. The van der Waals surface area contributed by atoms with Crippen molar-refractivity contribution in [3.05, 3.63) is 11.3 Å². The molecule has 4 nitrogen and oxygen atoms in total. The van der Waals surface area contributed by atoms with Gasteiger partial charge in [0, 0.05) is 32.2 Å². The Balaban J connectivity index is 2.25. The summed E-state index contributed by atoms with van der Waals surface area (Å²) in [6.07, 6.45) is 2.61. The van der Waals surface area contributed by atoms with E-state index in [9.17, 15) is 0 Å². The fourth-order valence-corrected chi connectivity index (χ4v) is 2.83. The highest BCUT2D eigenvalue weighted by Crippen LogP contribution is 2.29. The highest BCUT2D eigenvalue weighted by Gasteiger charge is 2.26. The van der Waals surface area contributed by atoms with Gasteiger partial charge in [-0.15, -0.1) is 0 Å². The van der Waals surface area contributed by atoms with Gasteiger partial charge < -0.3 is 10.2 Å². The second-order valence-corrected chi connectivity index (χ2v) is 5.05. The van der Waals surface area contributed by atoms with Gasteiger partial charge in [0.2, 0.25) is 0 Å². The minimum atomic E-state index is 0.854. The van der Waals surface area contributed by atoms with Crippen molar-refractivity contribution in [3.63, 3.8) is 0 Å².